The average Bonchev–Trinajstić information content (AvgIpc) is 1.65. The van der Waals surface area contributed by atoms with Gasteiger partial charge in [0.25, 0.3) is 11.8 Å². The Bertz CT molecular complexity index is 6270. The van der Waals surface area contributed by atoms with E-state index in [1.165, 1.54) is 37.2 Å². The van der Waals surface area contributed by atoms with Crippen LogP contribution >= 0.6 is 0 Å². The van der Waals surface area contributed by atoms with Gasteiger partial charge in [0, 0.05) is 133 Å². The molecule has 6 aromatic carbocycles. The predicted octanol–water partition coefficient (Wildman–Crippen LogP) is 16.4. The number of piperidine rings is 3. The van der Waals surface area contributed by atoms with Crippen LogP contribution in [0.4, 0.5) is 61.6 Å². The van der Waals surface area contributed by atoms with Gasteiger partial charge < -0.3 is 82.0 Å². The van der Waals surface area contributed by atoms with Crippen molar-refractivity contribution in [2.45, 2.75) is 147 Å². The maximum absolute atomic E-state index is 13.4. The van der Waals surface area contributed by atoms with E-state index in [1.54, 1.807) is 39.0 Å². The van der Waals surface area contributed by atoms with Gasteiger partial charge >= 0.3 is 18.2 Å². The molecule has 12 N–H and O–H groups in total. The third-order valence-corrected chi connectivity index (χ3v) is 26.1. The number of nitrogen functional groups attached to an aromatic ring is 2. The zero-order valence-electron chi connectivity index (χ0n) is 80.8. The highest BCUT2D eigenvalue weighted by Gasteiger charge is 2.37. The molecule has 3 fully saturated rings. The molecule has 0 saturated carbocycles. The van der Waals surface area contributed by atoms with E-state index in [4.69, 9.17) is 26.0 Å². The molecular weight excluding hydrogens is 1780 g/mol. The Morgan fingerprint density at radius 3 is 1.01 bits per heavy atom. The molecule has 32 nitrogen and oxygen atoms in total. The van der Waals surface area contributed by atoms with Crippen LogP contribution in [0.5, 0.6) is 0 Å². The molecule has 0 spiro atoms. The molecule has 9 aromatic rings. The van der Waals surface area contributed by atoms with Crippen molar-refractivity contribution in [2.75, 3.05) is 108 Å². The molecular formula is C109H123N21O11. The largest absolute Gasteiger partial charge is 0.478 e. The molecule has 0 bridgehead atoms. The summed E-state index contributed by atoms with van der Waals surface area (Å²) in [6, 6.07) is 47.5. The maximum atomic E-state index is 13.4. The molecule has 3 saturated heterocycles. The number of hydrogen-bond donors (Lipinski definition) is 10. The number of likely N-dealkylation sites (tertiary alicyclic amines) is 3. The van der Waals surface area contributed by atoms with Gasteiger partial charge in [-0.25, -0.2) is 44.3 Å². The number of rotatable bonds is 22. The molecule has 18 rings (SSSR count). The summed E-state index contributed by atoms with van der Waals surface area (Å²) in [6.07, 6.45) is 45.0. The first-order chi connectivity index (χ1) is 67.9. The Morgan fingerprint density at radius 1 is 0.369 bits per heavy atom. The van der Waals surface area contributed by atoms with Crippen LogP contribution in [0, 0.1) is 17.8 Å². The number of nitrogens with zero attached hydrogens (tertiary/aromatic N) is 12. The third kappa shape index (κ3) is 26.3. The number of fused-ring (bicyclic) bond motifs is 3. The van der Waals surface area contributed by atoms with Crippen molar-refractivity contribution in [2.24, 2.45) is 17.8 Å². The highest BCUT2D eigenvalue weighted by molar-refractivity contribution is 6.08. The van der Waals surface area contributed by atoms with Crippen molar-refractivity contribution < 1.29 is 52.9 Å². The standard InChI is InChI=1S/C38H43N7O4.C33H35N7O2.C21H25N5O3.C17H20N2O2/c1-38(2,3)49-37(48)43-32-15-14-26(25-10-6-5-7-11-25)20-33(32)42-35(47)28-23-40-36(41-24-28)44(4)29-16-18-45(19-17-29)34(46)21-27-22-39-31-13-9-8-12-30(27)31;1-39(26-13-15-40(16-14-26)31(41)18-24-19-35-29-10-6-5-9-27(24)29)33-36-20-25(21-37-33)32(42)38-30-17-23(11-12-28(30)34)22-7-3-2-4-8-22;1-25(21-23-12-15(13-24-21)20(28)29)16-6-8-26(9-7-16)19(27)10-14-11-22-18-5-3-2-4-17(14)18;1-17(2,3)21-16(20)19-15-10-9-13(11-14(15)18)12-7-5-4-6-8-12/h5-15,20,22-24,29-31,39H,16-19,21H2,1-4H3,(H,42,47)(H,43,48);2-12,17,19-21,26-27,29,35H,13-16,18,34H2,1H3,(H,38,42);2-5,11-13,16-18,22H,6-10H2,1H3,(H,28,29);4-11H,18H2,1-3H3,(H,19,20). The first-order valence-corrected chi connectivity index (χ1v) is 47.7. The smallest absolute Gasteiger partial charge is 0.412 e. The van der Waals surface area contributed by atoms with Gasteiger partial charge in [-0.1, -0.05) is 182 Å². The molecule has 9 heterocycles. The number of amides is 7. The second-order valence-electron chi connectivity index (χ2n) is 38.1. The van der Waals surface area contributed by atoms with Crippen molar-refractivity contribution in [3.8, 4) is 33.4 Å². The van der Waals surface area contributed by atoms with E-state index in [0.29, 0.717) is 116 Å². The monoisotopic (exact) mass is 1900 g/mol. The summed E-state index contributed by atoms with van der Waals surface area (Å²) in [5.74, 6) is 1.06. The van der Waals surface area contributed by atoms with Crippen molar-refractivity contribution in [1.82, 2.24) is 60.6 Å². The fraction of sp³-hybridized carbons (Fsp3) is 0.321. The number of aromatic nitrogens is 6. The van der Waals surface area contributed by atoms with Crippen molar-refractivity contribution in [3.63, 3.8) is 0 Å². The number of anilines is 9. The van der Waals surface area contributed by atoms with Gasteiger partial charge in [-0.15, -0.1) is 0 Å². The lowest BCUT2D eigenvalue weighted by atomic mass is 9.89. The molecule has 6 unspecified atom stereocenters. The number of carboxylic acids is 1. The van der Waals surface area contributed by atoms with Crippen molar-refractivity contribution >= 4 is 99.7 Å². The van der Waals surface area contributed by atoms with E-state index in [1.807, 2.05) is 248 Å². The number of aromatic carboxylic acids is 1. The van der Waals surface area contributed by atoms with E-state index in [2.05, 4.69) is 110 Å². The van der Waals surface area contributed by atoms with Crippen LogP contribution in [0.15, 0.2) is 291 Å². The van der Waals surface area contributed by atoms with Crippen LogP contribution in [-0.4, -0.2) is 205 Å². The Morgan fingerprint density at radius 2 is 0.674 bits per heavy atom. The van der Waals surface area contributed by atoms with Crippen LogP contribution in [-0.2, 0) is 23.9 Å². The van der Waals surface area contributed by atoms with Crippen molar-refractivity contribution in [1.29, 1.82) is 0 Å². The lowest BCUT2D eigenvalue weighted by Crippen LogP contribution is -2.46. The third-order valence-electron chi connectivity index (χ3n) is 26.1. The normalized spacial score (nSPS) is 18.7. The molecule has 7 amide bonds. The molecule has 6 aliphatic heterocycles. The quantitative estimate of drug-likeness (QED) is 0.0282. The topological polar surface area (TPSA) is 408 Å². The van der Waals surface area contributed by atoms with Crippen molar-refractivity contribution in [3.05, 3.63) is 308 Å². The summed E-state index contributed by atoms with van der Waals surface area (Å²) in [7, 11) is 5.82. The van der Waals surface area contributed by atoms with E-state index in [9.17, 15) is 38.4 Å². The summed E-state index contributed by atoms with van der Waals surface area (Å²) < 4.78 is 10.6. The number of allylic oxidation sites excluding steroid dienone is 6. The van der Waals surface area contributed by atoms with Crippen LogP contribution < -0.4 is 63.4 Å². The van der Waals surface area contributed by atoms with E-state index in [0.717, 1.165) is 88.6 Å². The molecule has 3 aromatic heterocycles. The first-order valence-electron chi connectivity index (χ1n) is 47.7. The Hall–Kier alpha value is -16.0. The predicted molar refractivity (Wildman–Crippen MR) is 551 cm³/mol. The molecule has 9 aliphatic rings. The number of benzene rings is 6. The lowest BCUT2D eigenvalue weighted by molar-refractivity contribution is -0.132. The summed E-state index contributed by atoms with van der Waals surface area (Å²) in [4.78, 5) is 139. The summed E-state index contributed by atoms with van der Waals surface area (Å²) in [5.41, 5.74) is 23.8. The number of nitrogens with two attached hydrogens (primary N) is 2. The lowest BCUT2D eigenvalue weighted by Gasteiger charge is -2.37. The van der Waals surface area contributed by atoms with Gasteiger partial charge in [-0.2, -0.15) is 0 Å². The number of hydrogen-bond acceptors (Lipinski definition) is 24. The number of carbonyl (C=O) groups excluding carboxylic acids is 7. The highest BCUT2D eigenvalue weighted by Crippen LogP contribution is 2.38. The van der Waals surface area contributed by atoms with E-state index in [-0.39, 0.29) is 88.8 Å². The Kier molecular flexibility index (Phi) is 32.1. The van der Waals surface area contributed by atoms with Gasteiger partial charge in [0.1, 0.15) is 11.2 Å². The first kappa shape index (κ1) is 99.5. The number of carbonyl (C=O) groups is 8. The fourth-order valence-electron chi connectivity index (χ4n) is 18.2. The minimum atomic E-state index is -1.04. The highest BCUT2D eigenvalue weighted by atomic mass is 16.6. The molecule has 3 aliphatic carbocycles. The van der Waals surface area contributed by atoms with Crippen LogP contribution in [0.25, 0.3) is 33.4 Å². The number of ether oxygens (including phenoxy) is 2. The van der Waals surface area contributed by atoms with E-state index < -0.39 is 35.3 Å². The number of carboxylic acid groups (broad SMARTS) is 1. The number of nitrogens with one attached hydrogen (secondary N) is 7. The summed E-state index contributed by atoms with van der Waals surface area (Å²) in [5, 5.41) is 30.3. The van der Waals surface area contributed by atoms with Gasteiger partial charge in [0.15, 0.2) is 0 Å². The summed E-state index contributed by atoms with van der Waals surface area (Å²) >= 11 is 0. The minimum absolute atomic E-state index is 0.0730. The Balaban J connectivity index is 0.000000148. The Labute approximate surface area is 822 Å². The summed E-state index contributed by atoms with van der Waals surface area (Å²) in [6.45, 7) is 14.9. The molecule has 6 atom stereocenters. The SMILES string of the molecule is CC(C)(C)OC(=O)Nc1ccc(-c2ccccc2)cc1N.CN(c1ncc(C(=O)Nc2cc(-c3ccccc3)ccc2N)cn1)C1CCN(C(=O)CC2=CNC3C=CC=CC23)CC1.CN(c1ncc(C(=O)Nc2cc(-c3ccccc3)ccc2NC(=O)OC(C)(C)C)cn1)C1CCN(C(=O)CC2=CNC3C=CC=CC23)CC1.CN(c1ncc(C(=O)O)cn1)C1CCN(C(=O)CC2=CNC3C=CC=CC23)CC1. The van der Waals surface area contributed by atoms with Crippen LogP contribution in [0.3, 0.4) is 0 Å². The molecule has 0 radical (unpaired) electrons. The zero-order chi connectivity index (χ0) is 99.4. The molecule has 141 heavy (non-hydrogen) atoms. The van der Waals surface area contributed by atoms with Gasteiger partial charge in [0.05, 0.1) is 88.2 Å². The maximum Gasteiger partial charge on any atom is 0.412 e. The molecule has 32 heteroatoms. The van der Waals surface area contributed by atoms with Gasteiger partial charge in [0.2, 0.25) is 35.6 Å². The average molecular weight is 1900 g/mol. The van der Waals surface area contributed by atoms with Crippen LogP contribution in [0.1, 0.15) is 130 Å². The zero-order valence-corrected chi connectivity index (χ0v) is 80.8. The molecule has 730 valence electrons. The second-order valence-corrected chi connectivity index (χ2v) is 38.1. The van der Waals surface area contributed by atoms with Gasteiger partial charge in [-0.05, 0) is 185 Å². The fourth-order valence-corrected chi connectivity index (χ4v) is 18.2. The van der Waals surface area contributed by atoms with Gasteiger partial charge in [-0.3, -0.25) is 34.6 Å². The van der Waals surface area contributed by atoms with E-state index >= 15 is 0 Å². The second kappa shape index (κ2) is 45.5. The van der Waals surface area contributed by atoms with Crippen LogP contribution in [0.2, 0.25) is 0 Å². The minimum Gasteiger partial charge on any atom is -0.478 e.